The summed E-state index contributed by atoms with van der Waals surface area (Å²) in [5, 5.41) is -0.0333. The molecule has 0 spiro atoms. The van der Waals surface area contributed by atoms with Crippen molar-refractivity contribution in [2.75, 3.05) is 13.9 Å². The third-order valence-corrected chi connectivity index (χ3v) is 7.68. The minimum absolute atomic E-state index is 0.00115. The van der Waals surface area contributed by atoms with Crippen LogP contribution in [0, 0.1) is 9.39 Å². The number of methoxy groups -OCH3 is 1. The predicted octanol–water partition coefficient (Wildman–Crippen LogP) is 6.64. The van der Waals surface area contributed by atoms with Crippen LogP contribution in [0.5, 0.6) is 23.0 Å². The van der Waals surface area contributed by atoms with Crippen LogP contribution in [0.1, 0.15) is 16.7 Å². The van der Waals surface area contributed by atoms with Gasteiger partial charge in [-0.25, -0.2) is 4.39 Å². The molecule has 190 valence electrons. The highest BCUT2D eigenvalue weighted by molar-refractivity contribution is 14.1. The standard InChI is InChI=1S/C26H18ClFINO6S/c1-33-22-7-14(6-19(29)24(22)34-12-15-4-2-3-5-18(15)28)8-23-25(31)30(26(32)37-23)11-16-9-20-21(10-17(16)27)36-13-35-20/h2-10H,11-13H2,1H3/b23-8-. The quantitative estimate of drug-likeness (QED) is 0.209. The number of carbonyl (C=O) groups is 2. The molecule has 3 aromatic carbocycles. The zero-order valence-electron chi connectivity index (χ0n) is 19.3. The monoisotopic (exact) mass is 653 g/mol. The molecular weight excluding hydrogens is 636 g/mol. The van der Waals surface area contributed by atoms with Crippen LogP contribution in [-0.4, -0.2) is 29.9 Å². The lowest BCUT2D eigenvalue weighted by atomic mass is 10.1. The SMILES string of the molecule is COc1cc(/C=C2\SC(=O)N(Cc3cc4c(cc3Cl)OCO4)C2=O)cc(I)c1OCc1ccccc1F. The first-order chi connectivity index (χ1) is 17.8. The molecule has 0 aliphatic carbocycles. The summed E-state index contributed by atoms with van der Waals surface area (Å²) in [6.45, 7) is 0.121. The van der Waals surface area contributed by atoms with E-state index in [0.29, 0.717) is 48.3 Å². The number of nitrogens with zero attached hydrogens (tertiary/aromatic N) is 1. The topological polar surface area (TPSA) is 74.3 Å². The Morgan fingerprint density at radius 3 is 2.65 bits per heavy atom. The summed E-state index contributed by atoms with van der Waals surface area (Å²) in [7, 11) is 1.49. The van der Waals surface area contributed by atoms with Crippen molar-refractivity contribution in [3.05, 3.63) is 84.5 Å². The highest BCUT2D eigenvalue weighted by Gasteiger charge is 2.36. The molecule has 0 atom stereocenters. The molecule has 0 saturated carbocycles. The minimum Gasteiger partial charge on any atom is -0.493 e. The second-order valence-corrected chi connectivity index (χ2v) is 10.5. The molecule has 0 N–H and O–H groups in total. The van der Waals surface area contributed by atoms with Crippen molar-refractivity contribution in [2.45, 2.75) is 13.2 Å². The molecule has 7 nitrogen and oxygen atoms in total. The largest absolute Gasteiger partial charge is 0.493 e. The normalized spacial score (nSPS) is 15.6. The van der Waals surface area contributed by atoms with Gasteiger partial charge in [0.1, 0.15) is 12.4 Å². The fraction of sp³-hybridized carbons (Fsp3) is 0.154. The van der Waals surface area contributed by atoms with Crippen molar-refractivity contribution in [3.63, 3.8) is 0 Å². The van der Waals surface area contributed by atoms with Gasteiger partial charge < -0.3 is 18.9 Å². The van der Waals surface area contributed by atoms with Gasteiger partial charge in [0.05, 0.1) is 22.1 Å². The van der Waals surface area contributed by atoms with E-state index in [0.717, 1.165) is 16.7 Å². The van der Waals surface area contributed by atoms with Crippen LogP contribution in [0.3, 0.4) is 0 Å². The van der Waals surface area contributed by atoms with E-state index < -0.39 is 11.1 Å². The maximum absolute atomic E-state index is 14.0. The van der Waals surface area contributed by atoms with E-state index >= 15 is 0 Å². The molecule has 0 radical (unpaired) electrons. The van der Waals surface area contributed by atoms with E-state index in [9.17, 15) is 14.0 Å². The lowest BCUT2D eigenvalue weighted by Crippen LogP contribution is -2.27. The average Bonchev–Trinajstić information content (AvgIpc) is 3.43. The van der Waals surface area contributed by atoms with Gasteiger partial charge in [0.2, 0.25) is 6.79 Å². The highest BCUT2D eigenvalue weighted by Crippen LogP contribution is 2.40. The van der Waals surface area contributed by atoms with Gasteiger partial charge in [-0.3, -0.25) is 14.5 Å². The summed E-state index contributed by atoms with van der Waals surface area (Å²) in [5.41, 5.74) is 1.63. The van der Waals surface area contributed by atoms with E-state index in [1.165, 1.54) is 13.2 Å². The van der Waals surface area contributed by atoms with Gasteiger partial charge in [-0.1, -0.05) is 29.8 Å². The Bertz CT molecular complexity index is 1450. The molecular formula is C26H18ClFINO6S. The lowest BCUT2D eigenvalue weighted by molar-refractivity contribution is -0.123. The molecule has 2 heterocycles. The summed E-state index contributed by atoms with van der Waals surface area (Å²) in [6, 6.07) is 13.1. The number of ether oxygens (including phenoxy) is 4. The predicted molar refractivity (Wildman–Crippen MR) is 146 cm³/mol. The van der Waals surface area contributed by atoms with Crippen molar-refractivity contribution < 1.29 is 32.9 Å². The number of hydrogen-bond donors (Lipinski definition) is 0. The number of fused-ring (bicyclic) bond motifs is 1. The third-order valence-electron chi connectivity index (χ3n) is 5.62. The second-order valence-electron chi connectivity index (χ2n) is 7.98. The Hall–Kier alpha value is -2.96. The number of imide groups is 1. The van der Waals surface area contributed by atoms with Crippen LogP contribution in [-0.2, 0) is 17.9 Å². The van der Waals surface area contributed by atoms with Crippen LogP contribution >= 0.6 is 46.0 Å². The van der Waals surface area contributed by atoms with Crippen LogP contribution in [0.25, 0.3) is 6.08 Å². The molecule has 0 aromatic heterocycles. The van der Waals surface area contributed by atoms with E-state index in [4.69, 9.17) is 30.5 Å². The first-order valence-electron chi connectivity index (χ1n) is 10.9. The summed E-state index contributed by atoms with van der Waals surface area (Å²) in [5.74, 6) is 1.12. The number of thioether (sulfide) groups is 1. The summed E-state index contributed by atoms with van der Waals surface area (Å²) >= 11 is 9.26. The Morgan fingerprint density at radius 2 is 1.89 bits per heavy atom. The van der Waals surface area contributed by atoms with E-state index in [1.807, 2.05) is 0 Å². The van der Waals surface area contributed by atoms with E-state index in [-0.39, 0.29) is 30.7 Å². The number of amides is 2. The molecule has 2 amide bonds. The molecule has 3 aromatic rings. The average molecular weight is 654 g/mol. The molecule has 1 fully saturated rings. The Kier molecular flexibility index (Phi) is 7.50. The maximum atomic E-state index is 14.0. The number of hydrogen-bond acceptors (Lipinski definition) is 7. The molecule has 5 rings (SSSR count). The fourth-order valence-electron chi connectivity index (χ4n) is 3.77. The first-order valence-corrected chi connectivity index (χ1v) is 13.2. The van der Waals surface area contributed by atoms with Crippen LogP contribution in [0.15, 0.2) is 53.4 Å². The molecule has 1 saturated heterocycles. The van der Waals surface area contributed by atoms with Crippen molar-refractivity contribution in [2.24, 2.45) is 0 Å². The van der Waals surface area contributed by atoms with Gasteiger partial charge in [0, 0.05) is 16.7 Å². The second kappa shape index (κ2) is 10.8. The number of carbonyl (C=O) groups excluding carboxylic acids is 2. The summed E-state index contributed by atoms with van der Waals surface area (Å²) in [6.07, 6.45) is 1.62. The number of rotatable bonds is 7. The number of halogens is 3. The van der Waals surface area contributed by atoms with Gasteiger partial charge in [-0.2, -0.15) is 0 Å². The summed E-state index contributed by atoms with van der Waals surface area (Å²) in [4.78, 5) is 27.2. The Balaban J connectivity index is 1.35. The van der Waals surface area contributed by atoms with Crippen molar-refractivity contribution in [1.82, 2.24) is 4.90 Å². The van der Waals surface area contributed by atoms with Crippen LogP contribution in [0.2, 0.25) is 5.02 Å². The lowest BCUT2D eigenvalue weighted by Gasteiger charge is -2.15. The summed E-state index contributed by atoms with van der Waals surface area (Å²) < 4.78 is 36.7. The van der Waals surface area contributed by atoms with Crippen molar-refractivity contribution in [1.29, 1.82) is 0 Å². The molecule has 37 heavy (non-hydrogen) atoms. The Morgan fingerprint density at radius 1 is 1.14 bits per heavy atom. The van der Waals surface area contributed by atoms with Gasteiger partial charge in [-0.05, 0) is 75.8 Å². The van der Waals surface area contributed by atoms with Crippen LogP contribution < -0.4 is 18.9 Å². The van der Waals surface area contributed by atoms with Gasteiger partial charge >= 0.3 is 0 Å². The van der Waals surface area contributed by atoms with Crippen LogP contribution in [0.4, 0.5) is 9.18 Å². The molecule has 2 aliphatic rings. The van der Waals surface area contributed by atoms with Crippen molar-refractivity contribution >= 4 is 63.2 Å². The Labute approximate surface area is 234 Å². The maximum Gasteiger partial charge on any atom is 0.293 e. The minimum atomic E-state index is -0.433. The van der Waals surface area contributed by atoms with E-state index in [2.05, 4.69) is 22.6 Å². The first kappa shape index (κ1) is 25.7. The van der Waals surface area contributed by atoms with Gasteiger partial charge in [0.25, 0.3) is 11.1 Å². The third kappa shape index (κ3) is 5.36. The smallest absolute Gasteiger partial charge is 0.293 e. The number of benzene rings is 3. The fourth-order valence-corrected chi connectivity index (χ4v) is 5.60. The highest BCUT2D eigenvalue weighted by atomic mass is 127. The van der Waals surface area contributed by atoms with Crippen molar-refractivity contribution in [3.8, 4) is 23.0 Å². The molecule has 0 bridgehead atoms. The molecule has 2 aliphatic heterocycles. The van der Waals surface area contributed by atoms with E-state index in [1.54, 1.807) is 48.5 Å². The zero-order valence-corrected chi connectivity index (χ0v) is 23.0. The van der Waals surface area contributed by atoms with Gasteiger partial charge in [-0.15, -0.1) is 0 Å². The molecule has 0 unspecified atom stereocenters. The molecule has 11 heteroatoms. The zero-order chi connectivity index (χ0) is 26.1. The van der Waals surface area contributed by atoms with Gasteiger partial charge in [0.15, 0.2) is 23.0 Å².